The summed E-state index contributed by atoms with van der Waals surface area (Å²) in [6.45, 7) is 0. The maximum Gasteiger partial charge on any atom is 0.305 e. The molecular weight excluding hydrogens is 370 g/mol. The van der Waals surface area contributed by atoms with Crippen molar-refractivity contribution < 1.29 is 19.1 Å². The summed E-state index contributed by atoms with van der Waals surface area (Å²) in [6.07, 6.45) is 2.45. The number of thioether (sulfide) groups is 2. The fourth-order valence-corrected chi connectivity index (χ4v) is 5.07. The molecule has 0 aliphatic rings. The van der Waals surface area contributed by atoms with E-state index in [2.05, 4.69) is 23.7 Å². The average Bonchev–Trinajstić information content (AvgIpc) is 2.93. The van der Waals surface area contributed by atoms with Crippen LogP contribution >= 0.6 is 23.5 Å². The maximum atomic E-state index is 11.3. The fraction of sp³-hybridized carbons (Fsp3) is 0.474. The van der Waals surface area contributed by atoms with Crippen LogP contribution in [0, 0.1) is 0 Å². The van der Waals surface area contributed by atoms with Crippen molar-refractivity contribution in [1.29, 1.82) is 0 Å². The summed E-state index contributed by atoms with van der Waals surface area (Å²) < 4.78 is 11.6. The van der Waals surface area contributed by atoms with Gasteiger partial charge in [0.2, 0.25) is 0 Å². The standard InChI is InChI=1S/C19H25NO4S2/c1-20-15-9-5-4-8-14(15)18(25-12-6-10-16(21)23-2)19(20)26-13-7-11-17(22)24-3/h4-5,8-9H,6-7,10-13H2,1-3H3. The minimum Gasteiger partial charge on any atom is -0.469 e. The first kappa shape index (κ1) is 20.7. The van der Waals surface area contributed by atoms with Crippen LogP contribution in [-0.4, -0.2) is 42.2 Å². The minimum atomic E-state index is -0.167. The summed E-state index contributed by atoms with van der Waals surface area (Å²) in [5.74, 6) is 1.38. The van der Waals surface area contributed by atoms with Crippen molar-refractivity contribution in [3.8, 4) is 0 Å². The second-order valence-electron chi connectivity index (χ2n) is 5.77. The molecule has 0 bridgehead atoms. The van der Waals surface area contributed by atoms with Crippen LogP contribution in [0.1, 0.15) is 25.7 Å². The Bertz CT molecular complexity index is 757. The Morgan fingerprint density at radius 2 is 1.54 bits per heavy atom. The zero-order valence-electron chi connectivity index (χ0n) is 15.4. The molecule has 1 aromatic heterocycles. The Balaban J connectivity index is 2.07. The van der Waals surface area contributed by atoms with Crippen molar-refractivity contribution in [3.63, 3.8) is 0 Å². The predicted octanol–water partition coefficient (Wildman–Crippen LogP) is 4.27. The molecule has 0 fully saturated rings. The van der Waals surface area contributed by atoms with Gasteiger partial charge in [0.15, 0.2) is 0 Å². The molecular formula is C19H25NO4S2. The van der Waals surface area contributed by atoms with E-state index < -0.39 is 0 Å². The highest BCUT2D eigenvalue weighted by atomic mass is 32.2. The Morgan fingerprint density at radius 3 is 2.15 bits per heavy atom. The van der Waals surface area contributed by atoms with Crippen molar-refractivity contribution in [2.45, 2.75) is 35.6 Å². The summed E-state index contributed by atoms with van der Waals surface area (Å²) >= 11 is 3.54. The van der Waals surface area contributed by atoms with Gasteiger partial charge in [-0.25, -0.2) is 0 Å². The van der Waals surface area contributed by atoms with Crippen LogP contribution in [0.15, 0.2) is 34.2 Å². The lowest BCUT2D eigenvalue weighted by molar-refractivity contribution is -0.141. The van der Waals surface area contributed by atoms with Crippen LogP contribution in [0.4, 0.5) is 0 Å². The topological polar surface area (TPSA) is 57.5 Å². The lowest BCUT2D eigenvalue weighted by Gasteiger charge is -2.07. The van der Waals surface area contributed by atoms with Gasteiger partial charge in [-0.05, 0) is 24.7 Å². The fourth-order valence-electron chi connectivity index (χ4n) is 2.62. The summed E-state index contributed by atoms with van der Waals surface area (Å²) in [6, 6.07) is 8.34. The molecule has 142 valence electrons. The number of hydrogen-bond donors (Lipinski definition) is 0. The first-order valence-electron chi connectivity index (χ1n) is 8.55. The van der Waals surface area contributed by atoms with Gasteiger partial charge in [0.05, 0.1) is 19.2 Å². The normalized spacial score (nSPS) is 10.9. The molecule has 2 rings (SSSR count). The van der Waals surface area contributed by atoms with E-state index in [0.29, 0.717) is 12.8 Å². The average molecular weight is 396 g/mol. The van der Waals surface area contributed by atoms with Gasteiger partial charge in [0.1, 0.15) is 0 Å². The number of ether oxygens (including phenoxy) is 2. The van der Waals surface area contributed by atoms with Gasteiger partial charge in [0.25, 0.3) is 0 Å². The number of para-hydroxylation sites is 1. The molecule has 0 unspecified atom stereocenters. The molecule has 5 nitrogen and oxygen atoms in total. The van der Waals surface area contributed by atoms with E-state index in [1.807, 2.05) is 12.1 Å². The van der Waals surface area contributed by atoms with Crippen LogP contribution in [0.5, 0.6) is 0 Å². The molecule has 0 spiro atoms. The van der Waals surface area contributed by atoms with Crippen molar-refractivity contribution >= 4 is 46.4 Å². The monoisotopic (exact) mass is 395 g/mol. The molecule has 0 saturated heterocycles. The number of esters is 2. The molecule has 0 radical (unpaired) electrons. The highest BCUT2D eigenvalue weighted by Gasteiger charge is 2.16. The van der Waals surface area contributed by atoms with E-state index in [-0.39, 0.29) is 11.9 Å². The third kappa shape index (κ3) is 5.45. The van der Waals surface area contributed by atoms with E-state index in [1.165, 1.54) is 35.0 Å². The number of fused-ring (bicyclic) bond motifs is 1. The molecule has 7 heteroatoms. The van der Waals surface area contributed by atoms with Crippen LogP contribution in [0.2, 0.25) is 0 Å². The molecule has 0 aliphatic carbocycles. The Morgan fingerprint density at radius 1 is 0.962 bits per heavy atom. The van der Waals surface area contributed by atoms with Gasteiger partial charge in [-0.2, -0.15) is 0 Å². The number of nitrogens with zero attached hydrogens (tertiary/aromatic N) is 1. The Kier molecular flexibility index (Phi) is 8.38. The van der Waals surface area contributed by atoms with Crippen LogP contribution < -0.4 is 0 Å². The Hall–Kier alpha value is -1.60. The lowest BCUT2D eigenvalue weighted by atomic mass is 10.2. The van der Waals surface area contributed by atoms with Gasteiger partial charge in [-0.3, -0.25) is 9.59 Å². The van der Waals surface area contributed by atoms with E-state index in [9.17, 15) is 9.59 Å². The molecule has 0 atom stereocenters. The summed E-state index contributed by atoms with van der Waals surface area (Å²) in [4.78, 5) is 23.8. The second-order valence-corrected chi connectivity index (χ2v) is 7.96. The van der Waals surface area contributed by atoms with E-state index in [0.717, 1.165) is 24.3 Å². The second kappa shape index (κ2) is 10.5. The van der Waals surface area contributed by atoms with E-state index in [4.69, 9.17) is 9.47 Å². The van der Waals surface area contributed by atoms with Gasteiger partial charge in [0, 0.05) is 41.4 Å². The number of aryl methyl sites for hydroxylation is 1. The zero-order chi connectivity index (χ0) is 18.9. The number of carbonyl (C=O) groups is 2. The summed E-state index contributed by atoms with van der Waals surface area (Å²) in [5.41, 5.74) is 1.19. The number of rotatable bonds is 10. The third-order valence-electron chi connectivity index (χ3n) is 4.00. The molecule has 1 heterocycles. The molecule has 26 heavy (non-hydrogen) atoms. The third-order valence-corrected chi connectivity index (χ3v) is 6.57. The van der Waals surface area contributed by atoms with Gasteiger partial charge < -0.3 is 14.0 Å². The predicted molar refractivity (Wildman–Crippen MR) is 107 cm³/mol. The number of benzene rings is 1. The first-order valence-corrected chi connectivity index (χ1v) is 10.5. The molecule has 0 saturated carbocycles. The molecule has 0 amide bonds. The van der Waals surface area contributed by atoms with E-state index in [1.54, 1.807) is 23.5 Å². The van der Waals surface area contributed by atoms with Crippen molar-refractivity contribution in [2.75, 3.05) is 25.7 Å². The van der Waals surface area contributed by atoms with Crippen LogP contribution in [0.3, 0.4) is 0 Å². The zero-order valence-corrected chi connectivity index (χ0v) is 17.1. The molecule has 0 aliphatic heterocycles. The highest BCUT2D eigenvalue weighted by Crippen LogP contribution is 2.39. The van der Waals surface area contributed by atoms with Crippen molar-refractivity contribution in [3.05, 3.63) is 24.3 Å². The molecule has 1 aromatic carbocycles. The van der Waals surface area contributed by atoms with Crippen LogP contribution in [-0.2, 0) is 26.1 Å². The van der Waals surface area contributed by atoms with Gasteiger partial charge >= 0.3 is 11.9 Å². The number of aromatic nitrogens is 1. The SMILES string of the molecule is COC(=O)CCCSc1c(SCCCC(=O)OC)n(C)c2ccccc12. The first-order chi connectivity index (χ1) is 12.6. The largest absolute Gasteiger partial charge is 0.469 e. The van der Waals surface area contributed by atoms with Crippen LogP contribution in [0.25, 0.3) is 10.9 Å². The smallest absolute Gasteiger partial charge is 0.305 e. The minimum absolute atomic E-state index is 0.166. The van der Waals surface area contributed by atoms with Gasteiger partial charge in [-0.15, -0.1) is 23.5 Å². The number of methoxy groups -OCH3 is 2. The number of carbonyl (C=O) groups excluding carboxylic acids is 2. The molecule has 2 aromatic rings. The highest BCUT2D eigenvalue weighted by molar-refractivity contribution is 8.02. The summed E-state index contributed by atoms with van der Waals surface area (Å²) in [7, 11) is 4.91. The quantitative estimate of drug-likeness (QED) is 0.340. The maximum absolute atomic E-state index is 11.3. The van der Waals surface area contributed by atoms with Crippen molar-refractivity contribution in [2.24, 2.45) is 7.05 Å². The van der Waals surface area contributed by atoms with Gasteiger partial charge in [-0.1, -0.05) is 18.2 Å². The number of hydrogen-bond acceptors (Lipinski definition) is 6. The summed E-state index contributed by atoms with van der Waals surface area (Å²) in [5, 5.41) is 2.44. The van der Waals surface area contributed by atoms with Crippen molar-refractivity contribution in [1.82, 2.24) is 4.57 Å². The lowest BCUT2D eigenvalue weighted by Crippen LogP contribution is -2.01. The van der Waals surface area contributed by atoms with E-state index >= 15 is 0 Å². The Labute approximate surface area is 162 Å². The molecule has 0 N–H and O–H groups in total.